The number of hydrogen-bond donors (Lipinski definition) is 1. The fourth-order valence-electron chi connectivity index (χ4n) is 1.49. The molecule has 2 heteroatoms. The first-order valence-corrected chi connectivity index (χ1v) is 5.61. The molecule has 0 aromatic heterocycles. The Morgan fingerprint density at radius 2 is 1.93 bits per heavy atom. The van der Waals surface area contributed by atoms with Crippen molar-refractivity contribution in [3.63, 3.8) is 0 Å². The number of hydrogen-bond acceptors (Lipinski definition) is 2. The smallest absolute Gasteiger partial charge is 0.132 e. The fourth-order valence-corrected chi connectivity index (χ4v) is 1.49. The van der Waals surface area contributed by atoms with Crippen molar-refractivity contribution in [2.24, 2.45) is 0 Å². The molecule has 0 fully saturated rings. The molecule has 0 saturated carbocycles. The lowest BCUT2D eigenvalue weighted by Gasteiger charge is -1.94. The maximum absolute atomic E-state index is 10.2. The van der Waals surface area contributed by atoms with Gasteiger partial charge in [-0.05, 0) is 18.1 Å². The van der Waals surface area contributed by atoms with E-state index in [1.807, 2.05) is 13.8 Å². The number of nitrogens with one attached hydrogen (secondary N) is 1. The molecule has 0 aliphatic carbocycles. The lowest BCUT2D eigenvalue weighted by Crippen LogP contribution is -1.90. The van der Waals surface area contributed by atoms with Gasteiger partial charge in [0.05, 0.1) is 0 Å². The Morgan fingerprint density at radius 1 is 1.27 bits per heavy atom. The first-order chi connectivity index (χ1) is 7.27. The predicted molar refractivity (Wildman–Crippen MR) is 64.2 cm³/mol. The van der Waals surface area contributed by atoms with Crippen LogP contribution in [0.25, 0.3) is 0 Å². The summed E-state index contributed by atoms with van der Waals surface area (Å²) in [5.74, 6) is 0.343. The van der Waals surface area contributed by atoms with Gasteiger partial charge in [0.15, 0.2) is 0 Å². The van der Waals surface area contributed by atoms with Gasteiger partial charge < -0.3 is 5.32 Å². The summed E-state index contributed by atoms with van der Waals surface area (Å²) in [6, 6.07) is 8.46. The van der Waals surface area contributed by atoms with Gasteiger partial charge in [-0.2, -0.15) is 0 Å². The van der Waals surface area contributed by atoms with Crippen LogP contribution in [-0.4, -0.2) is 12.3 Å². The van der Waals surface area contributed by atoms with Crippen molar-refractivity contribution in [2.75, 3.05) is 11.9 Å². The molecule has 15 heavy (non-hydrogen) atoms. The summed E-state index contributed by atoms with van der Waals surface area (Å²) in [5, 5.41) is 3.30. The minimum atomic E-state index is 0.343. The van der Waals surface area contributed by atoms with Gasteiger partial charge in [-0.25, -0.2) is 0 Å². The summed E-state index contributed by atoms with van der Waals surface area (Å²) >= 11 is 0. The van der Waals surface area contributed by atoms with E-state index < -0.39 is 0 Å². The van der Waals surface area contributed by atoms with Crippen LogP contribution >= 0.6 is 0 Å². The molecule has 0 spiro atoms. The van der Waals surface area contributed by atoms with Crippen LogP contribution in [0.2, 0.25) is 0 Å². The predicted octanol–water partition coefficient (Wildman–Crippen LogP) is 3.03. The van der Waals surface area contributed by atoms with E-state index in [0.29, 0.717) is 18.6 Å². The van der Waals surface area contributed by atoms with Crippen LogP contribution in [0.3, 0.4) is 0 Å². The molecule has 1 aliphatic rings. The topological polar surface area (TPSA) is 29.1 Å². The Hall–Kier alpha value is -1.31. The number of carbonyl (C=O) groups excluding carboxylic acids is 1. The number of anilines is 1. The highest BCUT2D eigenvalue weighted by molar-refractivity contribution is 5.77. The molecule has 0 unspecified atom stereocenters. The van der Waals surface area contributed by atoms with Crippen molar-refractivity contribution in [3.8, 4) is 0 Å². The van der Waals surface area contributed by atoms with Gasteiger partial charge in [0.25, 0.3) is 0 Å². The van der Waals surface area contributed by atoms with E-state index in [9.17, 15) is 4.79 Å². The minimum absolute atomic E-state index is 0.343. The maximum Gasteiger partial charge on any atom is 0.132 e. The van der Waals surface area contributed by atoms with Crippen molar-refractivity contribution < 1.29 is 4.79 Å². The minimum Gasteiger partial charge on any atom is -0.384 e. The van der Waals surface area contributed by atoms with Crippen molar-refractivity contribution >= 4 is 11.5 Å². The Kier molecular flexibility index (Phi) is 4.88. The summed E-state index contributed by atoms with van der Waals surface area (Å²) in [6.45, 7) is 4.87. The molecule has 0 amide bonds. The lowest BCUT2D eigenvalue weighted by molar-refractivity contribution is -0.118. The van der Waals surface area contributed by atoms with Crippen LogP contribution in [0.5, 0.6) is 0 Å². The number of fused-ring (bicyclic) bond motifs is 1. The molecule has 0 saturated heterocycles. The van der Waals surface area contributed by atoms with Crippen LogP contribution in [0.15, 0.2) is 24.3 Å². The normalized spacial score (nSPS) is 12.1. The van der Waals surface area contributed by atoms with Crippen LogP contribution < -0.4 is 5.32 Å². The molecule has 0 bridgehead atoms. The Bertz CT molecular complexity index is 291. The molecule has 82 valence electrons. The molecular formula is C13H19NO. The van der Waals surface area contributed by atoms with Crippen molar-refractivity contribution in [2.45, 2.75) is 33.1 Å². The van der Waals surface area contributed by atoms with E-state index in [4.69, 9.17) is 0 Å². The van der Waals surface area contributed by atoms with E-state index in [1.54, 1.807) is 0 Å². The zero-order valence-electron chi connectivity index (χ0n) is 9.55. The third-order valence-corrected chi connectivity index (χ3v) is 2.52. The molecular weight excluding hydrogens is 186 g/mol. The standard InChI is InChI=1S/C8H9N.C5H10O/c1-2-4-8-7(3-1)5-6-9-8;1-3-5(6)4-2/h1-4,9H,5-6H2;3-4H2,1-2H3. The molecule has 1 aliphatic heterocycles. The average molecular weight is 205 g/mol. The van der Waals surface area contributed by atoms with Crippen LogP contribution in [0, 0.1) is 0 Å². The summed E-state index contributed by atoms with van der Waals surface area (Å²) < 4.78 is 0. The zero-order valence-corrected chi connectivity index (χ0v) is 9.55. The zero-order chi connectivity index (χ0) is 11.1. The van der Waals surface area contributed by atoms with Gasteiger partial charge in [-0.3, -0.25) is 4.79 Å². The quantitative estimate of drug-likeness (QED) is 0.804. The number of Topliss-reactive ketones (excluding diaryl/α,β-unsaturated/α-hetero) is 1. The highest BCUT2D eigenvalue weighted by Gasteiger charge is 2.05. The van der Waals surface area contributed by atoms with Crippen LogP contribution in [-0.2, 0) is 11.2 Å². The van der Waals surface area contributed by atoms with Gasteiger partial charge in [0, 0.05) is 25.1 Å². The average Bonchev–Trinajstić information content (AvgIpc) is 2.76. The second kappa shape index (κ2) is 6.23. The first kappa shape index (κ1) is 11.8. The number of rotatable bonds is 2. The molecule has 2 nitrogen and oxygen atoms in total. The molecule has 1 aromatic rings. The second-order valence-electron chi connectivity index (χ2n) is 3.58. The van der Waals surface area contributed by atoms with Crippen LogP contribution in [0.1, 0.15) is 32.3 Å². The number of para-hydroxylation sites is 1. The summed E-state index contributed by atoms with van der Waals surface area (Å²) in [4.78, 5) is 10.2. The van der Waals surface area contributed by atoms with Crippen molar-refractivity contribution in [1.82, 2.24) is 0 Å². The molecule has 0 atom stereocenters. The number of ketones is 1. The highest BCUT2D eigenvalue weighted by atomic mass is 16.1. The van der Waals surface area contributed by atoms with E-state index >= 15 is 0 Å². The monoisotopic (exact) mass is 205 g/mol. The first-order valence-electron chi connectivity index (χ1n) is 5.61. The van der Waals surface area contributed by atoms with Crippen molar-refractivity contribution in [3.05, 3.63) is 29.8 Å². The SMILES string of the molecule is CCC(=O)CC.c1ccc2c(c1)CCN2. The largest absolute Gasteiger partial charge is 0.384 e. The van der Waals surface area contributed by atoms with Gasteiger partial charge in [-0.1, -0.05) is 32.0 Å². The van der Waals surface area contributed by atoms with Gasteiger partial charge >= 0.3 is 0 Å². The Balaban J connectivity index is 0.000000167. The van der Waals surface area contributed by atoms with E-state index in [1.165, 1.54) is 17.7 Å². The Labute approximate surface area is 91.7 Å². The van der Waals surface area contributed by atoms with Crippen LogP contribution in [0.4, 0.5) is 5.69 Å². The Morgan fingerprint density at radius 3 is 2.47 bits per heavy atom. The third-order valence-electron chi connectivity index (χ3n) is 2.52. The molecule has 1 aromatic carbocycles. The lowest BCUT2D eigenvalue weighted by atomic mass is 10.2. The molecule has 0 radical (unpaired) electrons. The summed E-state index contributed by atoms with van der Waals surface area (Å²) in [6.07, 6.45) is 2.57. The van der Waals surface area contributed by atoms with Gasteiger partial charge in [0.1, 0.15) is 5.78 Å². The van der Waals surface area contributed by atoms with E-state index in [0.717, 1.165) is 6.54 Å². The van der Waals surface area contributed by atoms with Crippen molar-refractivity contribution in [1.29, 1.82) is 0 Å². The summed E-state index contributed by atoms with van der Waals surface area (Å²) in [5.41, 5.74) is 2.77. The highest BCUT2D eigenvalue weighted by Crippen LogP contribution is 2.19. The second-order valence-corrected chi connectivity index (χ2v) is 3.58. The molecule has 1 heterocycles. The van der Waals surface area contributed by atoms with E-state index in [2.05, 4.69) is 29.6 Å². The van der Waals surface area contributed by atoms with Gasteiger partial charge in [-0.15, -0.1) is 0 Å². The summed E-state index contributed by atoms with van der Waals surface area (Å²) in [7, 11) is 0. The maximum atomic E-state index is 10.2. The molecule has 1 N–H and O–H groups in total. The fraction of sp³-hybridized carbons (Fsp3) is 0.462. The third kappa shape index (κ3) is 3.74. The van der Waals surface area contributed by atoms with E-state index in [-0.39, 0.29) is 0 Å². The number of carbonyl (C=O) groups is 1. The number of benzene rings is 1. The molecule has 2 rings (SSSR count). The van der Waals surface area contributed by atoms with Gasteiger partial charge in [0.2, 0.25) is 0 Å².